The molecule has 94 valence electrons. The molecule has 1 rings (SSSR count). The van der Waals surface area contributed by atoms with Gasteiger partial charge in [0.05, 0.1) is 0 Å². The van der Waals surface area contributed by atoms with Crippen molar-refractivity contribution in [1.29, 1.82) is 0 Å². The van der Waals surface area contributed by atoms with E-state index in [0.717, 1.165) is 12.1 Å². The molecule has 0 unspecified atom stereocenters. The molecule has 1 N–H and O–H groups in total. The summed E-state index contributed by atoms with van der Waals surface area (Å²) in [5, 5.41) is 9.51. The van der Waals surface area contributed by atoms with Crippen molar-refractivity contribution in [3.63, 3.8) is 0 Å². The first-order valence-electron chi connectivity index (χ1n) is 5.13. The fourth-order valence-electron chi connectivity index (χ4n) is 1.45. The lowest BCUT2D eigenvalue weighted by atomic mass is 10.1. The lowest BCUT2D eigenvalue weighted by molar-refractivity contribution is -0.146. The third-order valence-electron chi connectivity index (χ3n) is 2.27. The van der Waals surface area contributed by atoms with Crippen molar-refractivity contribution in [1.82, 2.24) is 4.90 Å². The summed E-state index contributed by atoms with van der Waals surface area (Å²) in [6.07, 6.45) is 0. The predicted molar refractivity (Wildman–Crippen MR) is 59.1 cm³/mol. The molecule has 0 saturated heterocycles. The molecule has 1 aromatic rings. The summed E-state index contributed by atoms with van der Waals surface area (Å²) in [5.74, 6) is -2.36. The highest BCUT2D eigenvalue weighted by atomic mass is 19.2. The Morgan fingerprint density at radius 2 is 1.94 bits per heavy atom. The Balaban J connectivity index is 2.78. The van der Waals surface area contributed by atoms with Gasteiger partial charge in [-0.25, -0.2) is 8.78 Å². The zero-order valence-electron chi connectivity index (χ0n) is 10.00. The fourth-order valence-corrected chi connectivity index (χ4v) is 1.45. The van der Waals surface area contributed by atoms with Gasteiger partial charge in [0.15, 0.2) is 11.6 Å². The zero-order valence-corrected chi connectivity index (χ0v) is 10.00. The van der Waals surface area contributed by atoms with Gasteiger partial charge >= 0.3 is 0 Å². The fraction of sp³-hybridized carbons (Fsp3) is 0.417. The SMILES string of the molecule is CN(Cc1ccc(F)c(F)c1)C(=O)C(C)(C)O. The van der Waals surface area contributed by atoms with Gasteiger partial charge in [0.25, 0.3) is 5.91 Å². The monoisotopic (exact) mass is 243 g/mol. The number of rotatable bonds is 3. The van der Waals surface area contributed by atoms with Gasteiger partial charge in [-0.2, -0.15) is 0 Å². The minimum absolute atomic E-state index is 0.111. The van der Waals surface area contributed by atoms with Crippen LogP contribution in [0.15, 0.2) is 18.2 Å². The number of hydrogen-bond donors (Lipinski definition) is 1. The van der Waals surface area contributed by atoms with Crippen LogP contribution in [0.3, 0.4) is 0 Å². The Bertz CT molecular complexity index is 427. The molecule has 0 aliphatic carbocycles. The molecule has 1 aromatic carbocycles. The van der Waals surface area contributed by atoms with Gasteiger partial charge in [0.2, 0.25) is 0 Å². The maximum Gasteiger partial charge on any atom is 0.253 e. The standard InChI is InChI=1S/C12H15F2NO2/c1-12(2,17)11(16)15(3)7-8-4-5-9(13)10(14)6-8/h4-6,17H,7H2,1-3H3. The summed E-state index contributed by atoms with van der Waals surface area (Å²) < 4.78 is 25.6. The van der Waals surface area contributed by atoms with Crippen molar-refractivity contribution < 1.29 is 18.7 Å². The molecule has 5 heteroatoms. The highest BCUT2D eigenvalue weighted by Gasteiger charge is 2.27. The number of hydrogen-bond acceptors (Lipinski definition) is 2. The molecule has 0 aliphatic heterocycles. The number of nitrogens with zero attached hydrogens (tertiary/aromatic N) is 1. The minimum Gasteiger partial charge on any atom is -0.381 e. The van der Waals surface area contributed by atoms with Crippen molar-refractivity contribution >= 4 is 5.91 Å². The highest BCUT2D eigenvalue weighted by Crippen LogP contribution is 2.13. The topological polar surface area (TPSA) is 40.5 Å². The average molecular weight is 243 g/mol. The molecule has 0 aromatic heterocycles. The lowest BCUT2D eigenvalue weighted by Crippen LogP contribution is -2.42. The second-order valence-corrected chi connectivity index (χ2v) is 4.47. The van der Waals surface area contributed by atoms with Crippen molar-refractivity contribution in [2.75, 3.05) is 7.05 Å². The van der Waals surface area contributed by atoms with Gasteiger partial charge in [-0.15, -0.1) is 0 Å². The van der Waals surface area contributed by atoms with Crippen molar-refractivity contribution in [3.05, 3.63) is 35.4 Å². The second-order valence-electron chi connectivity index (χ2n) is 4.47. The third-order valence-corrected chi connectivity index (χ3v) is 2.27. The maximum atomic E-state index is 12.9. The Morgan fingerprint density at radius 3 is 2.41 bits per heavy atom. The van der Waals surface area contributed by atoms with Crippen LogP contribution in [0, 0.1) is 11.6 Å². The summed E-state index contributed by atoms with van der Waals surface area (Å²) in [6.45, 7) is 2.86. The van der Waals surface area contributed by atoms with E-state index in [9.17, 15) is 18.7 Å². The highest BCUT2D eigenvalue weighted by molar-refractivity contribution is 5.83. The van der Waals surface area contributed by atoms with Crippen molar-refractivity contribution in [2.45, 2.75) is 26.0 Å². The van der Waals surface area contributed by atoms with E-state index in [1.54, 1.807) is 0 Å². The molecule has 0 saturated carbocycles. The van der Waals surface area contributed by atoms with E-state index in [4.69, 9.17) is 0 Å². The second kappa shape index (κ2) is 4.79. The van der Waals surface area contributed by atoms with Gasteiger partial charge in [0.1, 0.15) is 5.60 Å². The summed E-state index contributed by atoms with van der Waals surface area (Å²) in [6, 6.07) is 3.43. The zero-order chi connectivity index (χ0) is 13.2. The molecular formula is C12H15F2NO2. The maximum absolute atomic E-state index is 12.9. The summed E-state index contributed by atoms with van der Waals surface area (Å²) in [5.41, 5.74) is -1.02. The molecular weight excluding hydrogens is 228 g/mol. The Labute approximate surface area is 98.7 Å². The van der Waals surface area contributed by atoms with Crippen molar-refractivity contribution in [2.24, 2.45) is 0 Å². The first-order chi connectivity index (χ1) is 7.71. The van der Waals surface area contributed by atoms with Gasteiger partial charge in [0, 0.05) is 13.6 Å². The Hall–Kier alpha value is -1.49. The smallest absolute Gasteiger partial charge is 0.253 e. The Morgan fingerprint density at radius 1 is 1.35 bits per heavy atom. The molecule has 0 fully saturated rings. The molecule has 0 atom stereocenters. The molecule has 0 aliphatic rings. The number of carbonyl (C=O) groups excluding carboxylic acids is 1. The molecule has 0 bridgehead atoms. The first-order valence-corrected chi connectivity index (χ1v) is 5.13. The quantitative estimate of drug-likeness (QED) is 0.877. The van der Waals surface area contributed by atoms with Gasteiger partial charge in [-0.1, -0.05) is 6.07 Å². The van der Waals surface area contributed by atoms with Crippen LogP contribution in [0.4, 0.5) is 8.78 Å². The summed E-state index contributed by atoms with van der Waals surface area (Å²) in [4.78, 5) is 12.9. The van der Waals surface area contributed by atoms with Gasteiger partial charge in [-0.05, 0) is 31.5 Å². The molecule has 17 heavy (non-hydrogen) atoms. The number of carbonyl (C=O) groups is 1. The van der Waals surface area contributed by atoms with Crippen LogP contribution in [0.25, 0.3) is 0 Å². The largest absolute Gasteiger partial charge is 0.381 e. The van der Waals surface area contributed by atoms with Gasteiger partial charge < -0.3 is 10.0 Å². The average Bonchev–Trinajstić information content (AvgIpc) is 2.21. The summed E-state index contributed by atoms with van der Waals surface area (Å²) >= 11 is 0. The van der Waals surface area contributed by atoms with Crippen LogP contribution in [0.5, 0.6) is 0 Å². The molecule has 0 heterocycles. The Kier molecular flexibility index (Phi) is 3.83. The van der Waals surface area contributed by atoms with E-state index >= 15 is 0 Å². The van der Waals surface area contributed by atoms with Crippen LogP contribution in [0.2, 0.25) is 0 Å². The number of likely N-dealkylation sites (N-methyl/N-ethyl adjacent to an activating group) is 1. The summed E-state index contributed by atoms with van der Waals surface area (Å²) in [7, 11) is 1.49. The normalized spacial score (nSPS) is 11.4. The molecule has 0 spiro atoms. The molecule has 1 amide bonds. The van der Waals surface area contributed by atoms with E-state index in [1.807, 2.05) is 0 Å². The molecule has 3 nitrogen and oxygen atoms in total. The van der Waals surface area contributed by atoms with E-state index in [2.05, 4.69) is 0 Å². The number of halogens is 2. The van der Waals surface area contributed by atoms with Crippen LogP contribution in [-0.2, 0) is 11.3 Å². The number of benzene rings is 1. The van der Waals surface area contributed by atoms with Gasteiger partial charge in [-0.3, -0.25) is 4.79 Å². The van der Waals surface area contributed by atoms with Crippen LogP contribution >= 0.6 is 0 Å². The van der Waals surface area contributed by atoms with Crippen LogP contribution in [0.1, 0.15) is 19.4 Å². The minimum atomic E-state index is -1.48. The predicted octanol–water partition coefficient (Wildman–Crippen LogP) is 1.69. The van der Waals surface area contributed by atoms with Crippen LogP contribution < -0.4 is 0 Å². The number of aliphatic hydroxyl groups is 1. The third kappa shape index (κ3) is 3.49. The molecule has 0 radical (unpaired) electrons. The van der Waals surface area contributed by atoms with Crippen molar-refractivity contribution in [3.8, 4) is 0 Å². The van der Waals surface area contributed by atoms with E-state index in [0.29, 0.717) is 5.56 Å². The van der Waals surface area contributed by atoms with E-state index in [1.165, 1.54) is 31.9 Å². The number of amides is 1. The van der Waals surface area contributed by atoms with E-state index in [-0.39, 0.29) is 6.54 Å². The first kappa shape index (κ1) is 13.6. The van der Waals surface area contributed by atoms with E-state index < -0.39 is 23.1 Å². The lowest BCUT2D eigenvalue weighted by Gasteiger charge is -2.25. The van der Waals surface area contributed by atoms with Crippen LogP contribution in [-0.4, -0.2) is 28.6 Å².